The van der Waals surface area contributed by atoms with Gasteiger partial charge in [0.1, 0.15) is 0 Å². The van der Waals surface area contributed by atoms with Crippen molar-refractivity contribution in [3.63, 3.8) is 0 Å². The fourth-order valence-corrected chi connectivity index (χ4v) is 2.76. The Kier molecular flexibility index (Phi) is 5.09. The summed E-state index contributed by atoms with van der Waals surface area (Å²) in [6, 6.07) is 3.03. The third-order valence-corrected chi connectivity index (χ3v) is 4.53. The fraction of sp³-hybridized carbons (Fsp3) is 0.429. The van der Waals surface area contributed by atoms with Gasteiger partial charge in [0.25, 0.3) is 5.56 Å². The highest BCUT2D eigenvalue weighted by Gasteiger charge is 2.16. The van der Waals surface area contributed by atoms with Crippen molar-refractivity contribution in [2.45, 2.75) is 24.9 Å². The van der Waals surface area contributed by atoms with Crippen LogP contribution in [0.1, 0.15) is 18.3 Å². The third-order valence-electron chi connectivity index (χ3n) is 3.35. The number of nitrogens with zero attached hydrogens (tertiary/aromatic N) is 3. The molecule has 0 unspecified atom stereocenters. The molecule has 2 aromatic rings. The van der Waals surface area contributed by atoms with Gasteiger partial charge in [0.05, 0.1) is 10.9 Å². The Bertz CT molecular complexity index is 836. The van der Waals surface area contributed by atoms with Crippen molar-refractivity contribution < 1.29 is 9.32 Å². The number of amides is 1. The lowest BCUT2D eigenvalue weighted by Crippen LogP contribution is -2.38. The summed E-state index contributed by atoms with van der Waals surface area (Å²) in [5.41, 5.74) is 0.495. The number of hydrogen-bond donors (Lipinski definition) is 1. The van der Waals surface area contributed by atoms with Crippen LogP contribution in [-0.4, -0.2) is 25.4 Å². The monoisotopic (exact) mass is 338 g/mol. The summed E-state index contributed by atoms with van der Waals surface area (Å²) in [5.74, 6) is 0.423. The first-order valence-corrected chi connectivity index (χ1v) is 7.96. The summed E-state index contributed by atoms with van der Waals surface area (Å²) >= 11 is 1.32. The number of anilines is 1. The van der Waals surface area contributed by atoms with Crippen molar-refractivity contribution in [2.24, 2.45) is 14.1 Å². The second-order valence-corrected chi connectivity index (χ2v) is 6.48. The van der Waals surface area contributed by atoms with Crippen LogP contribution in [0.2, 0.25) is 0 Å². The van der Waals surface area contributed by atoms with Crippen LogP contribution >= 0.6 is 11.8 Å². The summed E-state index contributed by atoms with van der Waals surface area (Å²) in [4.78, 5) is 35.6. The average molecular weight is 338 g/mol. The molecule has 9 heteroatoms. The fourth-order valence-electron chi connectivity index (χ4n) is 1.85. The van der Waals surface area contributed by atoms with Crippen LogP contribution in [0, 0.1) is 6.92 Å². The maximum atomic E-state index is 12.1. The van der Waals surface area contributed by atoms with E-state index in [2.05, 4.69) is 10.5 Å². The van der Waals surface area contributed by atoms with E-state index in [0.717, 1.165) is 4.57 Å². The Hall–Kier alpha value is -2.29. The third kappa shape index (κ3) is 3.92. The van der Waals surface area contributed by atoms with Gasteiger partial charge < -0.3 is 4.52 Å². The van der Waals surface area contributed by atoms with Crippen LogP contribution in [-0.2, 0) is 24.6 Å². The number of nitrogens with one attached hydrogen (secondary N) is 1. The molecule has 23 heavy (non-hydrogen) atoms. The summed E-state index contributed by atoms with van der Waals surface area (Å²) < 4.78 is 7.37. The van der Waals surface area contributed by atoms with Crippen LogP contribution in [0.3, 0.4) is 0 Å². The maximum Gasteiger partial charge on any atom is 0.330 e. The van der Waals surface area contributed by atoms with Gasteiger partial charge in [-0.05, 0) is 13.8 Å². The molecule has 2 aromatic heterocycles. The van der Waals surface area contributed by atoms with Crippen LogP contribution in [0.15, 0.2) is 26.2 Å². The van der Waals surface area contributed by atoms with E-state index in [1.165, 1.54) is 29.4 Å². The predicted molar refractivity (Wildman–Crippen MR) is 87.6 cm³/mol. The van der Waals surface area contributed by atoms with E-state index in [1.54, 1.807) is 27.0 Å². The minimum Gasteiger partial charge on any atom is -0.338 e. The number of thioether (sulfide) groups is 1. The van der Waals surface area contributed by atoms with E-state index >= 15 is 0 Å². The van der Waals surface area contributed by atoms with Crippen molar-refractivity contribution in [3.8, 4) is 0 Å². The molecular weight excluding hydrogens is 320 g/mol. The molecule has 0 aliphatic rings. The Morgan fingerprint density at radius 3 is 2.65 bits per heavy atom. The molecule has 0 saturated carbocycles. The minimum atomic E-state index is -0.389. The van der Waals surface area contributed by atoms with Gasteiger partial charge in [-0.3, -0.25) is 24.0 Å². The van der Waals surface area contributed by atoms with Gasteiger partial charge >= 0.3 is 5.69 Å². The number of hydrogen-bond acceptors (Lipinski definition) is 6. The summed E-state index contributed by atoms with van der Waals surface area (Å²) in [6.07, 6.45) is 0. The van der Waals surface area contributed by atoms with Gasteiger partial charge in [-0.1, -0.05) is 5.16 Å². The Morgan fingerprint density at radius 2 is 2.04 bits per heavy atom. The molecule has 124 valence electrons. The van der Waals surface area contributed by atoms with E-state index in [9.17, 15) is 14.4 Å². The highest BCUT2D eigenvalue weighted by atomic mass is 32.2. The van der Waals surface area contributed by atoms with E-state index in [4.69, 9.17) is 4.52 Å². The van der Waals surface area contributed by atoms with Crippen LogP contribution in [0.5, 0.6) is 0 Å². The van der Waals surface area contributed by atoms with Crippen LogP contribution in [0.4, 0.5) is 5.88 Å². The van der Waals surface area contributed by atoms with Crippen molar-refractivity contribution in [1.29, 1.82) is 0 Å². The normalized spacial score (nSPS) is 12.2. The van der Waals surface area contributed by atoms with Gasteiger partial charge in [-0.15, -0.1) is 11.8 Å². The highest BCUT2D eigenvalue weighted by Crippen LogP contribution is 2.18. The first kappa shape index (κ1) is 17.1. The van der Waals surface area contributed by atoms with Crippen LogP contribution < -0.4 is 16.6 Å². The molecule has 8 nitrogen and oxygen atoms in total. The summed E-state index contributed by atoms with van der Waals surface area (Å²) in [5, 5.41) is 5.92. The molecule has 1 amide bonds. The average Bonchev–Trinajstić information content (AvgIpc) is 2.92. The Morgan fingerprint density at radius 1 is 1.35 bits per heavy atom. The highest BCUT2D eigenvalue weighted by molar-refractivity contribution is 7.99. The quantitative estimate of drug-likeness (QED) is 0.859. The number of aromatic nitrogens is 3. The molecule has 1 atom stereocenters. The lowest BCUT2D eigenvalue weighted by atomic mass is 10.4. The van der Waals surface area contributed by atoms with E-state index in [-0.39, 0.29) is 22.4 Å². The zero-order chi connectivity index (χ0) is 17.1. The number of aryl methyl sites for hydroxylation is 1. The summed E-state index contributed by atoms with van der Waals surface area (Å²) in [7, 11) is 3.02. The van der Waals surface area contributed by atoms with Gasteiger partial charge in [0, 0.05) is 37.7 Å². The van der Waals surface area contributed by atoms with Gasteiger partial charge in [0.15, 0.2) is 0 Å². The zero-order valence-corrected chi connectivity index (χ0v) is 14.1. The SMILES string of the molecule is Cc1cc(NC(=O)[C@@H](C)SCc2cc(=O)n(C)c(=O)n2C)on1. The van der Waals surface area contributed by atoms with Crippen molar-refractivity contribution in [1.82, 2.24) is 14.3 Å². The largest absolute Gasteiger partial charge is 0.338 e. The zero-order valence-electron chi connectivity index (χ0n) is 13.3. The molecule has 0 saturated heterocycles. The number of carbonyl (C=O) groups is 1. The van der Waals surface area contributed by atoms with E-state index in [1.807, 2.05) is 0 Å². The number of rotatable bonds is 5. The molecule has 0 aliphatic heterocycles. The smallest absolute Gasteiger partial charge is 0.330 e. The molecule has 0 radical (unpaired) electrons. The van der Waals surface area contributed by atoms with Gasteiger partial charge in [-0.25, -0.2) is 4.79 Å². The first-order valence-electron chi connectivity index (χ1n) is 6.91. The Balaban J connectivity index is 2.02. The molecular formula is C14H18N4O4S. The summed E-state index contributed by atoms with van der Waals surface area (Å²) in [6.45, 7) is 3.50. The van der Waals surface area contributed by atoms with Crippen molar-refractivity contribution in [3.05, 3.63) is 44.4 Å². The lowest BCUT2D eigenvalue weighted by molar-refractivity contribution is -0.115. The predicted octanol–water partition coefficient (Wildman–Crippen LogP) is 0.641. The molecule has 2 rings (SSSR count). The second kappa shape index (κ2) is 6.86. The van der Waals surface area contributed by atoms with Gasteiger partial charge in [-0.2, -0.15) is 0 Å². The van der Waals surface area contributed by atoms with Crippen molar-refractivity contribution in [2.75, 3.05) is 5.32 Å². The molecule has 1 N–H and O–H groups in total. The maximum absolute atomic E-state index is 12.1. The lowest BCUT2D eigenvalue weighted by Gasteiger charge is -2.12. The Labute approximate surface area is 136 Å². The molecule has 0 aromatic carbocycles. The first-order chi connectivity index (χ1) is 10.8. The van der Waals surface area contributed by atoms with Crippen LogP contribution in [0.25, 0.3) is 0 Å². The van der Waals surface area contributed by atoms with E-state index < -0.39 is 0 Å². The topological polar surface area (TPSA) is 99.1 Å². The molecule has 0 spiro atoms. The van der Waals surface area contributed by atoms with E-state index in [0.29, 0.717) is 23.0 Å². The molecule has 0 aliphatic carbocycles. The molecule has 2 heterocycles. The van der Waals surface area contributed by atoms with Crippen molar-refractivity contribution >= 4 is 23.6 Å². The number of carbonyl (C=O) groups excluding carboxylic acids is 1. The second-order valence-electron chi connectivity index (χ2n) is 5.15. The minimum absolute atomic E-state index is 0.236. The molecule has 0 bridgehead atoms. The standard InChI is InChI=1S/C14H18N4O4S/c1-8-5-11(22-16-8)15-13(20)9(2)23-7-10-6-12(19)18(4)14(21)17(10)3/h5-6,9H,7H2,1-4H3,(H,15,20)/t9-/m1/s1. The molecule has 0 fully saturated rings. The van der Waals surface area contributed by atoms with Gasteiger partial charge in [0.2, 0.25) is 11.8 Å².